The number of hydrogen-bond donors (Lipinski definition) is 0. The maximum atomic E-state index is 4.36. The first-order valence-electron chi connectivity index (χ1n) is 6.55. The summed E-state index contributed by atoms with van der Waals surface area (Å²) in [5.41, 5.74) is 3.70. The maximum Gasteiger partial charge on any atom is 0.0346 e. The lowest BCUT2D eigenvalue weighted by molar-refractivity contribution is 0.295. The molecule has 1 heterocycles. The summed E-state index contributed by atoms with van der Waals surface area (Å²) in [6.07, 6.45) is 3.89. The van der Waals surface area contributed by atoms with Crippen molar-refractivity contribution >= 4 is 0 Å². The van der Waals surface area contributed by atoms with Crippen molar-refractivity contribution in [1.82, 2.24) is 9.88 Å². The molecule has 0 N–H and O–H groups in total. The van der Waals surface area contributed by atoms with E-state index in [9.17, 15) is 0 Å². The fourth-order valence-corrected chi connectivity index (χ4v) is 2.07. The van der Waals surface area contributed by atoms with Crippen LogP contribution in [0.3, 0.4) is 0 Å². The highest BCUT2D eigenvalue weighted by atomic mass is 15.1. The number of nitrogens with zero attached hydrogens (tertiary/aromatic N) is 2. The van der Waals surface area contributed by atoms with E-state index >= 15 is 0 Å². The number of pyridine rings is 1. The minimum absolute atomic E-state index is 0.973. The second kappa shape index (κ2) is 6.31. The molecule has 0 saturated carbocycles. The summed E-state index contributed by atoms with van der Waals surface area (Å²) in [5, 5.41) is 0. The van der Waals surface area contributed by atoms with E-state index in [1.165, 1.54) is 16.7 Å². The topological polar surface area (TPSA) is 16.1 Å². The highest BCUT2D eigenvalue weighted by molar-refractivity contribution is 5.62. The van der Waals surface area contributed by atoms with Gasteiger partial charge in [0.2, 0.25) is 0 Å². The van der Waals surface area contributed by atoms with Crippen molar-refractivity contribution in [2.45, 2.75) is 20.4 Å². The number of rotatable bonds is 5. The van der Waals surface area contributed by atoms with Crippen LogP contribution in [-0.2, 0) is 6.54 Å². The van der Waals surface area contributed by atoms with Crippen LogP contribution < -0.4 is 0 Å². The fraction of sp³-hybridized carbons (Fsp3) is 0.312. The largest absolute Gasteiger partial charge is 0.300 e. The van der Waals surface area contributed by atoms with Crippen molar-refractivity contribution in [3.8, 4) is 11.1 Å². The number of benzene rings is 1. The SMILES string of the molecule is CCN(CC)Cc1cncc(-c2ccccc2)c1. The molecule has 0 unspecified atom stereocenters. The molecular weight excluding hydrogens is 220 g/mol. The van der Waals surface area contributed by atoms with Gasteiger partial charge in [-0.15, -0.1) is 0 Å². The second-order valence-electron chi connectivity index (χ2n) is 4.41. The lowest BCUT2D eigenvalue weighted by Crippen LogP contribution is -2.22. The molecule has 0 bridgehead atoms. The van der Waals surface area contributed by atoms with Crippen molar-refractivity contribution in [3.05, 3.63) is 54.4 Å². The van der Waals surface area contributed by atoms with Crippen LogP contribution in [0.15, 0.2) is 48.8 Å². The summed E-state index contributed by atoms with van der Waals surface area (Å²) in [7, 11) is 0. The lowest BCUT2D eigenvalue weighted by Gasteiger charge is -2.18. The predicted octanol–water partition coefficient (Wildman–Crippen LogP) is 3.59. The molecule has 0 aliphatic heterocycles. The van der Waals surface area contributed by atoms with Gasteiger partial charge in [-0.3, -0.25) is 9.88 Å². The lowest BCUT2D eigenvalue weighted by atomic mass is 10.1. The Bertz CT molecular complexity index is 475. The van der Waals surface area contributed by atoms with E-state index in [1.807, 2.05) is 18.5 Å². The van der Waals surface area contributed by atoms with Gasteiger partial charge in [-0.2, -0.15) is 0 Å². The van der Waals surface area contributed by atoms with E-state index in [0.717, 1.165) is 19.6 Å². The maximum absolute atomic E-state index is 4.36. The van der Waals surface area contributed by atoms with E-state index in [1.54, 1.807) is 0 Å². The molecule has 1 aromatic carbocycles. The molecule has 2 heteroatoms. The Labute approximate surface area is 109 Å². The summed E-state index contributed by atoms with van der Waals surface area (Å²) in [6.45, 7) is 7.51. The van der Waals surface area contributed by atoms with Gasteiger partial charge in [0.15, 0.2) is 0 Å². The molecule has 2 aromatic rings. The van der Waals surface area contributed by atoms with Gasteiger partial charge in [0, 0.05) is 24.5 Å². The molecule has 18 heavy (non-hydrogen) atoms. The first kappa shape index (κ1) is 12.8. The Morgan fingerprint density at radius 3 is 2.33 bits per heavy atom. The molecule has 2 nitrogen and oxygen atoms in total. The molecule has 94 valence electrons. The summed E-state index contributed by atoms with van der Waals surface area (Å²) in [5.74, 6) is 0. The molecule has 0 amide bonds. The zero-order valence-electron chi connectivity index (χ0n) is 11.1. The summed E-state index contributed by atoms with van der Waals surface area (Å²) in [4.78, 5) is 6.75. The van der Waals surface area contributed by atoms with Crippen LogP contribution in [0.4, 0.5) is 0 Å². The summed E-state index contributed by atoms with van der Waals surface area (Å²) >= 11 is 0. The van der Waals surface area contributed by atoms with Gasteiger partial charge in [-0.1, -0.05) is 44.2 Å². The first-order valence-corrected chi connectivity index (χ1v) is 6.55. The molecule has 0 spiro atoms. The smallest absolute Gasteiger partial charge is 0.0346 e. The van der Waals surface area contributed by atoms with Gasteiger partial charge in [0.25, 0.3) is 0 Å². The Morgan fingerprint density at radius 2 is 1.67 bits per heavy atom. The molecular formula is C16H20N2. The molecule has 0 atom stereocenters. The van der Waals surface area contributed by atoms with Crippen molar-refractivity contribution in [2.75, 3.05) is 13.1 Å². The van der Waals surface area contributed by atoms with Crippen LogP contribution in [-0.4, -0.2) is 23.0 Å². The normalized spacial score (nSPS) is 10.8. The molecule has 0 aliphatic carbocycles. The van der Waals surface area contributed by atoms with Crippen LogP contribution in [0.1, 0.15) is 19.4 Å². The zero-order chi connectivity index (χ0) is 12.8. The second-order valence-corrected chi connectivity index (χ2v) is 4.41. The van der Waals surface area contributed by atoms with Gasteiger partial charge >= 0.3 is 0 Å². The number of hydrogen-bond acceptors (Lipinski definition) is 2. The van der Waals surface area contributed by atoms with Crippen LogP contribution >= 0.6 is 0 Å². The zero-order valence-corrected chi connectivity index (χ0v) is 11.1. The van der Waals surface area contributed by atoms with E-state index in [4.69, 9.17) is 0 Å². The van der Waals surface area contributed by atoms with E-state index in [2.05, 4.69) is 54.1 Å². The average Bonchev–Trinajstić information content (AvgIpc) is 2.46. The third-order valence-electron chi connectivity index (χ3n) is 3.20. The highest BCUT2D eigenvalue weighted by Gasteiger charge is 2.03. The Morgan fingerprint density at radius 1 is 0.944 bits per heavy atom. The quantitative estimate of drug-likeness (QED) is 0.794. The summed E-state index contributed by atoms with van der Waals surface area (Å²) in [6, 6.07) is 12.6. The van der Waals surface area contributed by atoms with Crippen molar-refractivity contribution < 1.29 is 0 Å². The third kappa shape index (κ3) is 3.17. The minimum Gasteiger partial charge on any atom is -0.300 e. The van der Waals surface area contributed by atoms with Crippen molar-refractivity contribution in [1.29, 1.82) is 0 Å². The van der Waals surface area contributed by atoms with E-state index < -0.39 is 0 Å². The molecule has 2 rings (SSSR count). The monoisotopic (exact) mass is 240 g/mol. The van der Waals surface area contributed by atoms with Crippen molar-refractivity contribution in [2.24, 2.45) is 0 Å². The van der Waals surface area contributed by atoms with E-state index in [-0.39, 0.29) is 0 Å². The number of aromatic nitrogens is 1. The standard InChI is InChI=1S/C16H20N2/c1-3-18(4-2)13-14-10-16(12-17-11-14)15-8-6-5-7-9-15/h5-12H,3-4,13H2,1-2H3. The Hall–Kier alpha value is -1.67. The van der Waals surface area contributed by atoms with E-state index in [0.29, 0.717) is 0 Å². The first-order chi connectivity index (χ1) is 8.83. The Kier molecular flexibility index (Phi) is 4.48. The predicted molar refractivity (Wildman–Crippen MR) is 76.3 cm³/mol. The van der Waals surface area contributed by atoms with Crippen LogP contribution in [0.2, 0.25) is 0 Å². The molecule has 0 aliphatic rings. The van der Waals surface area contributed by atoms with Gasteiger partial charge in [0.05, 0.1) is 0 Å². The molecule has 0 saturated heterocycles. The van der Waals surface area contributed by atoms with Crippen LogP contribution in [0.5, 0.6) is 0 Å². The fourth-order valence-electron chi connectivity index (χ4n) is 2.07. The van der Waals surface area contributed by atoms with Crippen LogP contribution in [0.25, 0.3) is 11.1 Å². The molecule has 1 aromatic heterocycles. The van der Waals surface area contributed by atoms with Gasteiger partial charge in [0.1, 0.15) is 0 Å². The summed E-state index contributed by atoms with van der Waals surface area (Å²) < 4.78 is 0. The van der Waals surface area contributed by atoms with Crippen LogP contribution in [0, 0.1) is 0 Å². The highest BCUT2D eigenvalue weighted by Crippen LogP contribution is 2.19. The molecule has 0 radical (unpaired) electrons. The average molecular weight is 240 g/mol. The Balaban J connectivity index is 2.20. The third-order valence-corrected chi connectivity index (χ3v) is 3.20. The van der Waals surface area contributed by atoms with Gasteiger partial charge < -0.3 is 0 Å². The minimum atomic E-state index is 0.973. The van der Waals surface area contributed by atoms with Gasteiger partial charge in [-0.05, 0) is 30.3 Å². The van der Waals surface area contributed by atoms with Crippen molar-refractivity contribution in [3.63, 3.8) is 0 Å². The van der Waals surface area contributed by atoms with Gasteiger partial charge in [-0.25, -0.2) is 0 Å². The molecule has 0 fully saturated rings.